The second kappa shape index (κ2) is 6.42. The summed E-state index contributed by atoms with van der Waals surface area (Å²) in [6, 6.07) is 5.68. The summed E-state index contributed by atoms with van der Waals surface area (Å²) in [5.74, 6) is -1.91. The molecule has 0 saturated heterocycles. The van der Waals surface area contributed by atoms with Crippen molar-refractivity contribution >= 4 is 17.7 Å². The number of amides is 2. The number of carbonyl (C=O) groups is 2. The van der Waals surface area contributed by atoms with Crippen molar-refractivity contribution in [3.05, 3.63) is 53.6 Å². The Labute approximate surface area is 118 Å². The molecule has 1 aromatic heterocycles. The highest BCUT2D eigenvalue weighted by Gasteiger charge is 2.13. The minimum atomic E-state index is -1.26. The number of aromatic carboxylic acids is 1. The van der Waals surface area contributed by atoms with Crippen molar-refractivity contribution in [1.82, 2.24) is 15.5 Å². The summed E-state index contributed by atoms with van der Waals surface area (Å²) in [5.41, 5.74) is 0.204. The Hall–Kier alpha value is -3.03. The van der Waals surface area contributed by atoms with Crippen LogP contribution in [0.3, 0.4) is 0 Å². The zero-order valence-corrected chi connectivity index (χ0v) is 10.7. The lowest BCUT2D eigenvalue weighted by molar-refractivity contribution is 0.0698. The van der Waals surface area contributed by atoms with Crippen molar-refractivity contribution in [2.45, 2.75) is 6.54 Å². The lowest BCUT2D eigenvalue weighted by atomic mass is 10.2. The van der Waals surface area contributed by atoms with Crippen LogP contribution in [0.5, 0.6) is 0 Å². The number of aromatic nitrogens is 2. The highest BCUT2D eigenvalue weighted by atomic mass is 19.1. The molecule has 0 radical (unpaired) electrons. The molecular weight excluding hydrogens is 279 g/mol. The quantitative estimate of drug-likeness (QED) is 0.794. The van der Waals surface area contributed by atoms with Gasteiger partial charge in [-0.05, 0) is 30.3 Å². The standard InChI is InChI=1S/C13H11FN4O3/c14-8-3-4-10(12(19)20)11(6-8)17-13(21)15-7-9-2-1-5-16-18-9/h1-6H,7H2,(H,19,20)(H2,15,17,21). The lowest BCUT2D eigenvalue weighted by Crippen LogP contribution is -2.29. The predicted molar refractivity (Wildman–Crippen MR) is 71.2 cm³/mol. The molecule has 2 rings (SSSR count). The van der Waals surface area contributed by atoms with Gasteiger partial charge in [0.05, 0.1) is 23.5 Å². The van der Waals surface area contributed by atoms with Gasteiger partial charge in [-0.25, -0.2) is 14.0 Å². The first-order valence-electron chi connectivity index (χ1n) is 5.90. The topological polar surface area (TPSA) is 104 Å². The zero-order chi connectivity index (χ0) is 15.2. The second-order valence-electron chi connectivity index (χ2n) is 4.02. The van der Waals surface area contributed by atoms with Crippen LogP contribution in [0.2, 0.25) is 0 Å². The fraction of sp³-hybridized carbons (Fsp3) is 0.0769. The highest BCUT2D eigenvalue weighted by Crippen LogP contribution is 2.17. The van der Waals surface area contributed by atoms with Crippen molar-refractivity contribution < 1.29 is 19.1 Å². The first-order chi connectivity index (χ1) is 10.1. The van der Waals surface area contributed by atoms with Gasteiger partial charge in [0.1, 0.15) is 5.82 Å². The zero-order valence-electron chi connectivity index (χ0n) is 10.7. The SMILES string of the molecule is O=C(NCc1cccnn1)Nc1cc(F)ccc1C(=O)O. The summed E-state index contributed by atoms with van der Waals surface area (Å²) in [4.78, 5) is 22.7. The van der Waals surface area contributed by atoms with Crippen LogP contribution in [0.15, 0.2) is 36.5 Å². The number of hydrogen-bond donors (Lipinski definition) is 3. The van der Waals surface area contributed by atoms with Gasteiger partial charge in [-0.3, -0.25) is 0 Å². The van der Waals surface area contributed by atoms with E-state index in [0.717, 1.165) is 18.2 Å². The van der Waals surface area contributed by atoms with Gasteiger partial charge >= 0.3 is 12.0 Å². The van der Waals surface area contributed by atoms with E-state index in [-0.39, 0.29) is 17.8 Å². The molecule has 0 fully saturated rings. The van der Waals surface area contributed by atoms with E-state index in [1.807, 2.05) is 0 Å². The van der Waals surface area contributed by atoms with Crippen molar-refractivity contribution in [3.63, 3.8) is 0 Å². The summed E-state index contributed by atoms with van der Waals surface area (Å²) >= 11 is 0. The van der Waals surface area contributed by atoms with E-state index in [4.69, 9.17) is 5.11 Å². The maximum Gasteiger partial charge on any atom is 0.337 e. The molecule has 0 aliphatic rings. The molecule has 0 unspecified atom stereocenters. The number of hydrogen-bond acceptors (Lipinski definition) is 4. The van der Waals surface area contributed by atoms with E-state index in [9.17, 15) is 14.0 Å². The molecule has 108 valence electrons. The number of nitrogens with zero attached hydrogens (tertiary/aromatic N) is 2. The maximum atomic E-state index is 13.1. The van der Waals surface area contributed by atoms with E-state index in [1.54, 1.807) is 12.1 Å². The minimum absolute atomic E-state index is 0.109. The van der Waals surface area contributed by atoms with E-state index < -0.39 is 17.8 Å². The average Bonchev–Trinajstić information content (AvgIpc) is 2.46. The Bertz CT molecular complexity index is 664. The second-order valence-corrected chi connectivity index (χ2v) is 4.02. The Morgan fingerprint density at radius 2 is 2.10 bits per heavy atom. The lowest BCUT2D eigenvalue weighted by Gasteiger charge is -2.09. The van der Waals surface area contributed by atoms with Crippen LogP contribution in [0.1, 0.15) is 16.1 Å². The van der Waals surface area contributed by atoms with Gasteiger partial charge in [-0.1, -0.05) is 0 Å². The maximum absolute atomic E-state index is 13.1. The van der Waals surface area contributed by atoms with Gasteiger partial charge < -0.3 is 15.7 Å². The smallest absolute Gasteiger partial charge is 0.337 e. The summed E-state index contributed by atoms with van der Waals surface area (Å²) in [7, 11) is 0. The normalized spacial score (nSPS) is 9.95. The van der Waals surface area contributed by atoms with E-state index >= 15 is 0 Å². The van der Waals surface area contributed by atoms with Crippen LogP contribution in [0, 0.1) is 5.82 Å². The largest absolute Gasteiger partial charge is 0.478 e. The van der Waals surface area contributed by atoms with Crippen molar-refractivity contribution in [2.75, 3.05) is 5.32 Å². The van der Waals surface area contributed by atoms with Crippen LogP contribution in [0.4, 0.5) is 14.9 Å². The molecule has 1 heterocycles. The number of benzene rings is 1. The number of anilines is 1. The van der Waals surface area contributed by atoms with Crippen molar-refractivity contribution in [1.29, 1.82) is 0 Å². The minimum Gasteiger partial charge on any atom is -0.478 e. The van der Waals surface area contributed by atoms with Gasteiger partial charge in [0.15, 0.2) is 0 Å². The third-order valence-corrected chi connectivity index (χ3v) is 2.52. The number of halogens is 1. The van der Waals surface area contributed by atoms with Crippen molar-refractivity contribution in [3.8, 4) is 0 Å². The molecular formula is C13H11FN4O3. The Balaban J connectivity index is 2.02. The van der Waals surface area contributed by atoms with E-state index in [2.05, 4.69) is 20.8 Å². The molecule has 0 aliphatic carbocycles. The molecule has 2 aromatic rings. The average molecular weight is 290 g/mol. The fourth-order valence-electron chi connectivity index (χ4n) is 1.57. The number of rotatable bonds is 4. The number of urea groups is 1. The molecule has 0 atom stereocenters. The third kappa shape index (κ3) is 3.96. The summed E-state index contributed by atoms with van der Waals surface area (Å²) in [6.45, 7) is 0.109. The van der Waals surface area contributed by atoms with Crippen LogP contribution in [-0.4, -0.2) is 27.3 Å². The van der Waals surface area contributed by atoms with Gasteiger partial charge in [-0.2, -0.15) is 10.2 Å². The van der Waals surface area contributed by atoms with Gasteiger partial charge in [0.2, 0.25) is 0 Å². The van der Waals surface area contributed by atoms with Crippen LogP contribution >= 0.6 is 0 Å². The van der Waals surface area contributed by atoms with Crippen LogP contribution in [0.25, 0.3) is 0 Å². The van der Waals surface area contributed by atoms with E-state index in [1.165, 1.54) is 6.20 Å². The molecule has 3 N–H and O–H groups in total. The van der Waals surface area contributed by atoms with Crippen LogP contribution in [-0.2, 0) is 6.54 Å². The van der Waals surface area contributed by atoms with Gasteiger partial charge in [-0.15, -0.1) is 0 Å². The number of nitrogens with one attached hydrogen (secondary N) is 2. The molecule has 0 spiro atoms. The molecule has 8 heteroatoms. The number of carboxylic acids is 1. The monoisotopic (exact) mass is 290 g/mol. The molecule has 2 amide bonds. The van der Waals surface area contributed by atoms with Gasteiger partial charge in [0, 0.05) is 6.20 Å². The molecule has 0 saturated carbocycles. The highest BCUT2D eigenvalue weighted by molar-refractivity contribution is 5.99. The first-order valence-corrected chi connectivity index (χ1v) is 5.90. The summed E-state index contributed by atoms with van der Waals surface area (Å²) < 4.78 is 13.1. The third-order valence-electron chi connectivity index (χ3n) is 2.52. The Morgan fingerprint density at radius 1 is 1.29 bits per heavy atom. The number of carboxylic acid groups (broad SMARTS) is 1. The Morgan fingerprint density at radius 3 is 2.76 bits per heavy atom. The summed E-state index contributed by atoms with van der Waals surface area (Å²) in [5, 5.41) is 21.1. The molecule has 7 nitrogen and oxygen atoms in total. The number of carbonyl (C=O) groups excluding carboxylic acids is 1. The molecule has 1 aromatic carbocycles. The fourth-order valence-corrected chi connectivity index (χ4v) is 1.57. The molecule has 0 aliphatic heterocycles. The van der Waals surface area contributed by atoms with E-state index in [0.29, 0.717) is 5.69 Å². The molecule has 21 heavy (non-hydrogen) atoms. The van der Waals surface area contributed by atoms with Crippen LogP contribution < -0.4 is 10.6 Å². The predicted octanol–water partition coefficient (Wildman–Crippen LogP) is 1.64. The van der Waals surface area contributed by atoms with Crippen molar-refractivity contribution in [2.24, 2.45) is 0 Å². The van der Waals surface area contributed by atoms with Gasteiger partial charge in [0.25, 0.3) is 0 Å². The Kier molecular flexibility index (Phi) is 4.39. The molecule has 0 bridgehead atoms. The summed E-state index contributed by atoms with van der Waals surface area (Å²) in [6.07, 6.45) is 1.50. The first kappa shape index (κ1) is 14.4.